The first-order valence-electron chi connectivity index (χ1n) is 11.9. The first-order chi connectivity index (χ1) is 15.4. The Morgan fingerprint density at radius 1 is 1.12 bits per heavy atom. The van der Waals surface area contributed by atoms with Gasteiger partial charge in [0.05, 0.1) is 19.4 Å². The van der Waals surface area contributed by atoms with Crippen LogP contribution in [-0.2, 0) is 9.53 Å². The van der Waals surface area contributed by atoms with Crippen LogP contribution in [-0.4, -0.2) is 37.2 Å². The van der Waals surface area contributed by atoms with E-state index in [0.717, 1.165) is 43.0 Å². The lowest BCUT2D eigenvalue weighted by molar-refractivity contribution is -0.141. The number of unbranched alkanes of at least 4 members (excludes halogenated alkanes) is 5. The summed E-state index contributed by atoms with van der Waals surface area (Å²) in [5, 5.41) is 3.62. The number of ether oxygens (including phenoxy) is 2. The van der Waals surface area contributed by atoms with Gasteiger partial charge in [-0.3, -0.25) is 4.99 Å². The highest BCUT2D eigenvalue weighted by Crippen LogP contribution is 2.43. The first-order valence-corrected chi connectivity index (χ1v) is 12.9. The summed E-state index contributed by atoms with van der Waals surface area (Å²) in [6, 6.07) is 7.83. The molecule has 1 atom stereocenters. The molecule has 1 heterocycles. The highest BCUT2D eigenvalue weighted by molar-refractivity contribution is 8.04. The fourth-order valence-electron chi connectivity index (χ4n) is 4.23. The number of benzene rings is 1. The van der Waals surface area contributed by atoms with E-state index in [4.69, 9.17) is 14.5 Å². The first kappa shape index (κ1) is 24.7. The molecule has 6 heteroatoms. The van der Waals surface area contributed by atoms with Gasteiger partial charge in [-0.2, -0.15) is 0 Å². The van der Waals surface area contributed by atoms with Gasteiger partial charge in [0.1, 0.15) is 5.75 Å². The number of rotatable bonds is 11. The van der Waals surface area contributed by atoms with E-state index in [1.807, 2.05) is 12.1 Å². The summed E-state index contributed by atoms with van der Waals surface area (Å²) in [5.74, 6) is 1.29. The van der Waals surface area contributed by atoms with Crippen molar-refractivity contribution in [1.29, 1.82) is 0 Å². The SMILES string of the molecule is CCCCCCCCOc1ccc(NC2=C3SCC(C(=O)OC)N=C3CC(C)(C)C2)cc1. The van der Waals surface area contributed by atoms with Crippen LogP contribution in [0.1, 0.15) is 72.1 Å². The number of nitrogens with zero attached hydrogens (tertiary/aromatic N) is 1. The number of nitrogens with one attached hydrogen (secondary N) is 1. The number of aliphatic imine (C=N–C) groups is 1. The molecule has 0 amide bonds. The van der Waals surface area contributed by atoms with Crippen molar-refractivity contribution >= 4 is 29.1 Å². The van der Waals surface area contributed by atoms with E-state index < -0.39 is 6.04 Å². The number of hydrogen-bond acceptors (Lipinski definition) is 6. The molecule has 0 bridgehead atoms. The molecular weight excluding hydrogens is 420 g/mol. The van der Waals surface area contributed by atoms with Gasteiger partial charge in [0.25, 0.3) is 0 Å². The molecule has 1 aromatic rings. The quantitative estimate of drug-likeness (QED) is 0.299. The van der Waals surface area contributed by atoms with Crippen LogP contribution in [0.3, 0.4) is 0 Å². The van der Waals surface area contributed by atoms with Crippen LogP contribution in [0.15, 0.2) is 39.9 Å². The molecule has 1 unspecified atom stereocenters. The van der Waals surface area contributed by atoms with E-state index in [9.17, 15) is 4.79 Å². The standard InChI is InChI=1S/C26H38N2O3S/c1-5-6-7-8-9-10-15-31-20-13-11-19(12-14-20)27-21-16-26(2,3)17-22-24(21)32-18-23(28-22)25(29)30-4/h11-14,23,27H,5-10,15-18H2,1-4H3. The molecule has 1 N–H and O–H groups in total. The van der Waals surface area contributed by atoms with Gasteiger partial charge in [-0.05, 0) is 48.9 Å². The highest BCUT2D eigenvalue weighted by Gasteiger charge is 2.36. The lowest BCUT2D eigenvalue weighted by atomic mass is 9.78. The van der Waals surface area contributed by atoms with Crippen molar-refractivity contribution in [2.24, 2.45) is 10.4 Å². The lowest BCUT2D eigenvalue weighted by Gasteiger charge is -2.36. The maximum atomic E-state index is 12.0. The number of fused-ring (bicyclic) bond motifs is 1. The van der Waals surface area contributed by atoms with Crippen molar-refractivity contribution in [3.8, 4) is 5.75 Å². The van der Waals surface area contributed by atoms with Crippen molar-refractivity contribution in [2.75, 3.05) is 24.8 Å². The van der Waals surface area contributed by atoms with Gasteiger partial charge in [0.2, 0.25) is 0 Å². The molecule has 0 spiro atoms. The number of allylic oxidation sites excluding steroid dienone is 2. The van der Waals surface area contributed by atoms with E-state index in [1.165, 1.54) is 49.8 Å². The van der Waals surface area contributed by atoms with Gasteiger partial charge in [-0.1, -0.05) is 52.9 Å². The third-order valence-corrected chi connectivity index (χ3v) is 7.18. The third kappa shape index (κ3) is 7.03. The Hall–Kier alpha value is -1.95. The topological polar surface area (TPSA) is 59.9 Å². The molecule has 5 nitrogen and oxygen atoms in total. The second kappa shape index (κ2) is 11.8. The Labute approximate surface area is 197 Å². The van der Waals surface area contributed by atoms with Crippen molar-refractivity contribution in [3.05, 3.63) is 34.9 Å². The van der Waals surface area contributed by atoms with Crippen LogP contribution in [0.25, 0.3) is 0 Å². The zero-order valence-electron chi connectivity index (χ0n) is 20.0. The minimum Gasteiger partial charge on any atom is -0.494 e. The van der Waals surface area contributed by atoms with E-state index in [0.29, 0.717) is 5.75 Å². The molecule has 0 radical (unpaired) electrons. The van der Waals surface area contributed by atoms with Crippen molar-refractivity contribution in [2.45, 2.75) is 78.2 Å². The number of carbonyl (C=O) groups is 1. The van der Waals surface area contributed by atoms with Crippen LogP contribution >= 0.6 is 11.8 Å². The summed E-state index contributed by atoms with van der Waals surface area (Å²) in [6.45, 7) is 7.52. The number of anilines is 1. The molecule has 1 aliphatic heterocycles. The summed E-state index contributed by atoms with van der Waals surface area (Å²) >= 11 is 1.71. The summed E-state index contributed by atoms with van der Waals surface area (Å²) in [4.78, 5) is 17.9. The van der Waals surface area contributed by atoms with Gasteiger partial charge in [0, 0.05) is 22.0 Å². The van der Waals surface area contributed by atoms with Crippen molar-refractivity contribution < 1.29 is 14.3 Å². The Kier molecular flexibility index (Phi) is 9.09. The second-order valence-corrected chi connectivity index (χ2v) is 10.5. The van der Waals surface area contributed by atoms with Gasteiger partial charge in [-0.15, -0.1) is 11.8 Å². The average Bonchev–Trinajstić information content (AvgIpc) is 2.78. The molecule has 0 saturated heterocycles. The Morgan fingerprint density at radius 2 is 1.84 bits per heavy atom. The van der Waals surface area contributed by atoms with Gasteiger partial charge >= 0.3 is 5.97 Å². The Morgan fingerprint density at radius 3 is 2.56 bits per heavy atom. The van der Waals surface area contributed by atoms with Crippen LogP contribution in [0.4, 0.5) is 5.69 Å². The molecule has 0 saturated carbocycles. The predicted molar refractivity (Wildman–Crippen MR) is 135 cm³/mol. The monoisotopic (exact) mass is 458 g/mol. The highest BCUT2D eigenvalue weighted by atomic mass is 32.2. The molecule has 0 fully saturated rings. The molecule has 3 rings (SSSR count). The minimum atomic E-state index is -0.401. The molecule has 1 aliphatic carbocycles. The van der Waals surface area contributed by atoms with Gasteiger partial charge < -0.3 is 14.8 Å². The molecular formula is C26H38N2O3S. The molecule has 176 valence electrons. The van der Waals surface area contributed by atoms with E-state index in [-0.39, 0.29) is 11.4 Å². The fraction of sp³-hybridized carbons (Fsp3) is 0.615. The van der Waals surface area contributed by atoms with Crippen LogP contribution in [0, 0.1) is 5.41 Å². The molecule has 2 aliphatic rings. The van der Waals surface area contributed by atoms with E-state index >= 15 is 0 Å². The second-order valence-electron chi connectivity index (χ2n) is 9.52. The normalized spacial score (nSPS) is 19.8. The number of thioether (sulfide) groups is 1. The largest absolute Gasteiger partial charge is 0.494 e. The molecule has 1 aromatic carbocycles. The zero-order valence-corrected chi connectivity index (χ0v) is 20.9. The minimum absolute atomic E-state index is 0.0867. The van der Waals surface area contributed by atoms with Gasteiger partial charge in [-0.25, -0.2) is 4.79 Å². The molecule has 32 heavy (non-hydrogen) atoms. The summed E-state index contributed by atoms with van der Waals surface area (Å²) < 4.78 is 10.8. The van der Waals surface area contributed by atoms with Gasteiger partial charge in [0.15, 0.2) is 6.04 Å². The van der Waals surface area contributed by atoms with Crippen LogP contribution < -0.4 is 10.1 Å². The lowest BCUT2D eigenvalue weighted by Crippen LogP contribution is -2.34. The smallest absolute Gasteiger partial charge is 0.331 e. The van der Waals surface area contributed by atoms with Crippen LogP contribution in [0.5, 0.6) is 5.75 Å². The van der Waals surface area contributed by atoms with E-state index in [1.54, 1.807) is 11.8 Å². The van der Waals surface area contributed by atoms with E-state index in [2.05, 4.69) is 38.2 Å². The average molecular weight is 459 g/mol. The maximum Gasteiger partial charge on any atom is 0.331 e. The summed E-state index contributed by atoms with van der Waals surface area (Å²) in [6.07, 6.45) is 9.44. The Bertz CT molecular complexity index is 830. The summed E-state index contributed by atoms with van der Waals surface area (Å²) in [7, 11) is 1.43. The van der Waals surface area contributed by atoms with Crippen LogP contribution in [0.2, 0.25) is 0 Å². The third-order valence-electron chi connectivity index (χ3n) is 5.92. The number of carbonyl (C=O) groups excluding carboxylic acids is 1. The van der Waals surface area contributed by atoms with Crippen molar-refractivity contribution in [1.82, 2.24) is 0 Å². The summed E-state index contributed by atoms with van der Waals surface area (Å²) in [5.41, 5.74) is 3.35. The number of methoxy groups -OCH3 is 1. The predicted octanol–water partition coefficient (Wildman–Crippen LogP) is 6.60. The zero-order chi connectivity index (χ0) is 23.0. The number of esters is 1. The maximum absolute atomic E-state index is 12.0. The number of hydrogen-bond donors (Lipinski definition) is 1. The fourth-order valence-corrected chi connectivity index (χ4v) is 5.35. The Balaban J connectivity index is 1.59. The van der Waals surface area contributed by atoms with Crippen molar-refractivity contribution in [3.63, 3.8) is 0 Å². The molecule has 0 aromatic heterocycles.